The lowest BCUT2D eigenvalue weighted by Crippen LogP contribution is -2.51. The number of nitrogens with zero attached hydrogens (tertiary/aromatic N) is 2. The van der Waals surface area contributed by atoms with Crippen LogP contribution >= 0.6 is 11.6 Å². The highest BCUT2D eigenvalue weighted by atomic mass is 35.5. The first kappa shape index (κ1) is 31.0. The van der Waals surface area contributed by atoms with Crippen molar-refractivity contribution < 1.29 is 22.7 Å². The van der Waals surface area contributed by atoms with Crippen LogP contribution in [0.2, 0.25) is 5.02 Å². The van der Waals surface area contributed by atoms with Crippen molar-refractivity contribution in [3.05, 3.63) is 89.4 Å². The minimum Gasteiger partial charge on any atom is -0.494 e. The van der Waals surface area contributed by atoms with Gasteiger partial charge in [0.1, 0.15) is 18.3 Å². The molecule has 0 unspecified atom stereocenters. The van der Waals surface area contributed by atoms with Crippen LogP contribution in [-0.2, 0) is 26.2 Å². The van der Waals surface area contributed by atoms with Gasteiger partial charge in [-0.2, -0.15) is 0 Å². The Labute approximate surface area is 241 Å². The smallest absolute Gasteiger partial charge is 0.264 e. The Morgan fingerprint density at radius 2 is 1.60 bits per heavy atom. The zero-order valence-corrected chi connectivity index (χ0v) is 24.6. The SMILES string of the molecule is CCCCNC(=O)[C@@H](C)N(Cc1ccc(Cl)cc1)C(=O)CN(c1ccc(OCC)cc1)S(=O)(=O)c1ccccc1. The maximum atomic E-state index is 13.9. The summed E-state index contributed by atoms with van der Waals surface area (Å²) in [5.41, 5.74) is 1.05. The summed E-state index contributed by atoms with van der Waals surface area (Å²) in [4.78, 5) is 28.4. The number of unbranched alkanes of at least 4 members (excludes halogenated alkanes) is 1. The summed E-state index contributed by atoms with van der Waals surface area (Å²) < 4.78 is 34.2. The van der Waals surface area contributed by atoms with Gasteiger partial charge in [-0.05, 0) is 74.4 Å². The number of amides is 2. The number of carbonyl (C=O) groups is 2. The first-order chi connectivity index (χ1) is 19.2. The number of sulfonamides is 1. The molecule has 0 aromatic heterocycles. The molecule has 0 radical (unpaired) electrons. The third-order valence-corrected chi connectivity index (χ3v) is 8.35. The lowest BCUT2D eigenvalue weighted by molar-refractivity contribution is -0.139. The number of halogens is 1. The summed E-state index contributed by atoms with van der Waals surface area (Å²) >= 11 is 6.04. The predicted molar refractivity (Wildman–Crippen MR) is 158 cm³/mol. The Kier molecular flexibility index (Phi) is 11.4. The highest BCUT2D eigenvalue weighted by Crippen LogP contribution is 2.26. The lowest BCUT2D eigenvalue weighted by Gasteiger charge is -2.32. The van der Waals surface area contributed by atoms with E-state index >= 15 is 0 Å². The van der Waals surface area contributed by atoms with Gasteiger partial charge in [0, 0.05) is 18.1 Å². The summed E-state index contributed by atoms with van der Waals surface area (Å²) in [6.45, 7) is 6.06. The highest BCUT2D eigenvalue weighted by Gasteiger charge is 2.32. The second-order valence-electron chi connectivity index (χ2n) is 9.22. The number of carbonyl (C=O) groups excluding carboxylic acids is 2. The van der Waals surface area contributed by atoms with Gasteiger partial charge in [-0.3, -0.25) is 13.9 Å². The standard InChI is InChI=1S/C30H36ClN3O5S/c1-4-6-20-32-30(36)23(3)33(21-24-12-14-25(31)15-13-24)29(35)22-34(26-16-18-27(19-17-26)39-5-2)40(37,38)28-10-8-7-9-11-28/h7-19,23H,4-6,20-22H2,1-3H3,(H,32,36)/t23-/m1/s1. The van der Waals surface area contributed by atoms with Crippen LogP contribution in [0.4, 0.5) is 5.69 Å². The van der Waals surface area contributed by atoms with Gasteiger partial charge in [0.25, 0.3) is 10.0 Å². The van der Waals surface area contributed by atoms with Gasteiger partial charge in [-0.1, -0.05) is 55.3 Å². The van der Waals surface area contributed by atoms with E-state index in [9.17, 15) is 18.0 Å². The molecule has 0 spiro atoms. The first-order valence-electron chi connectivity index (χ1n) is 13.3. The Balaban J connectivity index is 1.98. The van der Waals surface area contributed by atoms with Crippen molar-refractivity contribution in [3.8, 4) is 5.75 Å². The molecule has 3 aromatic rings. The molecule has 1 N–H and O–H groups in total. The largest absolute Gasteiger partial charge is 0.494 e. The fraction of sp³-hybridized carbons (Fsp3) is 0.333. The molecule has 0 bridgehead atoms. The second-order valence-corrected chi connectivity index (χ2v) is 11.5. The Hall–Kier alpha value is -3.56. The molecule has 8 nitrogen and oxygen atoms in total. The Morgan fingerprint density at radius 3 is 2.20 bits per heavy atom. The Morgan fingerprint density at radius 1 is 0.950 bits per heavy atom. The van der Waals surface area contributed by atoms with Crippen LogP contribution < -0.4 is 14.4 Å². The number of hydrogen-bond donors (Lipinski definition) is 1. The van der Waals surface area contributed by atoms with Gasteiger partial charge >= 0.3 is 0 Å². The molecule has 40 heavy (non-hydrogen) atoms. The molecule has 0 aliphatic heterocycles. The minimum atomic E-state index is -4.12. The van der Waals surface area contributed by atoms with E-state index < -0.39 is 28.5 Å². The molecule has 3 rings (SSSR count). The number of anilines is 1. The number of hydrogen-bond acceptors (Lipinski definition) is 5. The molecular formula is C30H36ClN3O5S. The van der Waals surface area contributed by atoms with Gasteiger partial charge in [0.2, 0.25) is 11.8 Å². The second kappa shape index (κ2) is 14.7. The van der Waals surface area contributed by atoms with Crippen molar-refractivity contribution in [2.75, 3.05) is 24.0 Å². The number of ether oxygens (including phenoxy) is 1. The Bertz CT molecular complexity index is 1350. The van der Waals surface area contributed by atoms with E-state index in [0.29, 0.717) is 29.6 Å². The zero-order valence-electron chi connectivity index (χ0n) is 23.0. The van der Waals surface area contributed by atoms with Gasteiger partial charge < -0.3 is 15.0 Å². The maximum absolute atomic E-state index is 13.9. The third-order valence-electron chi connectivity index (χ3n) is 6.31. The van der Waals surface area contributed by atoms with E-state index in [1.807, 2.05) is 13.8 Å². The van der Waals surface area contributed by atoms with Crippen LogP contribution in [0.3, 0.4) is 0 Å². The zero-order chi connectivity index (χ0) is 29.1. The molecule has 0 fully saturated rings. The van der Waals surface area contributed by atoms with Crippen molar-refractivity contribution in [2.24, 2.45) is 0 Å². The van der Waals surface area contributed by atoms with Crippen LogP contribution in [0.15, 0.2) is 83.8 Å². The average molecular weight is 586 g/mol. The van der Waals surface area contributed by atoms with E-state index in [-0.39, 0.29) is 17.3 Å². The van der Waals surface area contributed by atoms with Crippen LogP contribution in [0.5, 0.6) is 5.75 Å². The van der Waals surface area contributed by atoms with E-state index in [1.165, 1.54) is 17.0 Å². The molecule has 0 saturated carbocycles. The van der Waals surface area contributed by atoms with E-state index in [1.54, 1.807) is 73.7 Å². The summed E-state index contributed by atoms with van der Waals surface area (Å²) in [5.74, 6) is -0.257. The van der Waals surface area contributed by atoms with Gasteiger partial charge in [0.15, 0.2) is 0 Å². The molecule has 214 valence electrons. The quantitative estimate of drug-likeness (QED) is 0.260. The molecule has 2 amide bonds. The average Bonchev–Trinajstić information content (AvgIpc) is 2.96. The lowest BCUT2D eigenvalue weighted by atomic mass is 10.1. The first-order valence-corrected chi connectivity index (χ1v) is 15.1. The fourth-order valence-electron chi connectivity index (χ4n) is 4.03. The van der Waals surface area contributed by atoms with Crippen molar-refractivity contribution in [3.63, 3.8) is 0 Å². The molecule has 10 heteroatoms. The predicted octanol–water partition coefficient (Wildman–Crippen LogP) is 5.27. The molecule has 0 aliphatic carbocycles. The molecule has 0 aliphatic rings. The molecule has 3 aromatic carbocycles. The van der Waals surface area contributed by atoms with Crippen molar-refractivity contribution >= 4 is 39.1 Å². The fourth-order valence-corrected chi connectivity index (χ4v) is 5.59. The number of nitrogens with one attached hydrogen (secondary N) is 1. The summed E-state index contributed by atoms with van der Waals surface area (Å²) in [5, 5.41) is 3.42. The van der Waals surface area contributed by atoms with Gasteiger partial charge in [0.05, 0.1) is 17.2 Å². The van der Waals surface area contributed by atoms with Crippen LogP contribution in [-0.4, -0.2) is 50.9 Å². The van der Waals surface area contributed by atoms with Gasteiger partial charge in [-0.15, -0.1) is 0 Å². The van der Waals surface area contributed by atoms with E-state index in [4.69, 9.17) is 16.3 Å². The summed E-state index contributed by atoms with van der Waals surface area (Å²) in [7, 11) is -4.12. The molecule has 1 atom stereocenters. The minimum absolute atomic E-state index is 0.0475. The molecule has 0 saturated heterocycles. The maximum Gasteiger partial charge on any atom is 0.264 e. The summed E-state index contributed by atoms with van der Waals surface area (Å²) in [6.07, 6.45) is 1.72. The molecule has 0 heterocycles. The number of rotatable bonds is 14. The highest BCUT2D eigenvalue weighted by molar-refractivity contribution is 7.92. The van der Waals surface area contributed by atoms with Crippen molar-refractivity contribution in [1.29, 1.82) is 0 Å². The van der Waals surface area contributed by atoms with Crippen LogP contribution in [0.1, 0.15) is 39.2 Å². The van der Waals surface area contributed by atoms with E-state index in [2.05, 4.69) is 5.32 Å². The normalized spacial score (nSPS) is 11.9. The third kappa shape index (κ3) is 8.22. The van der Waals surface area contributed by atoms with Crippen LogP contribution in [0, 0.1) is 0 Å². The topological polar surface area (TPSA) is 96.0 Å². The van der Waals surface area contributed by atoms with Gasteiger partial charge in [-0.25, -0.2) is 8.42 Å². The van der Waals surface area contributed by atoms with E-state index in [0.717, 1.165) is 22.7 Å². The summed E-state index contributed by atoms with van der Waals surface area (Å²) in [6, 6.07) is 20.6. The van der Waals surface area contributed by atoms with Crippen molar-refractivity contribution in [1.82, 2.24) is 10.2 Å². The number of benzene rings is 3. The molecular weight excluding hydrogens is 550 g/mol. The monoisotopic (exact) mass is 585 g/mol. The van der Waals surface area contributed by atoms with Crippen LogP contribution in [0.25, 0.3) is 0 Å². The van der Waals surface area contributed by atoms with Crippen molar-refractivity contribution in [2.45, 2.75) is 51.1 Å².